The first-order valence-electron chi connectivity index (χ1n) is 6.16. The largest absolute Gasteiger partial charge is 0.481 e. The minimum absolute atomic E-state index is 0.191. The Morgan fingerprint density at radius 2 is 2.17 bits per heavy atom. The molecule has 3 atom stereocenters. The van der Waals surface area contributed by atoms with E-state index in [9.17, 15) is 9.59 Å². The molecule has 18 heavy (non-hydrogen) atoms. The van der Waals surface area contributed by atoms with E-state index >= 15 is 0 Å². The number of hydrogen-bond donors (Lipinski definition) is 2. The molecule has 1 aliphatic carbocycles. The van der Waals surface area contributed by atoms with Crippen LogP contribution in [0.5, 0.6) is 0 Å². The molecule has 1 heterocycles. The Kier molecular flexibility index (Phi) is 3.69. The van der Waals surface area contributed by atoms with E-state index in [1.165, 1.54) is 0 Å². The highest BCUT2D eigenvalue weighted by Gasteiger charge is 2.38. The topological polar surface area (TPSA) is 79.5 Å². The SMILES string of the molecule is CC(NC(=O)[C@@H]1CCC[C@@H]1C(=O)O)c1ccco1. The van der Waals surface area contributed by atoms with Crippen LogP contribution in [-0.4, -0.2) is 17.0 Å². The van der Waals surface area contributed by atoms with Crippen LogP contribution in [0.15, 0.2) is 22.8 Å². The summed E-state index contributed by atoms with van der Waals surface area (Å²) >= 11 is 0. The average Bonchev–Trinajstić information content (AvgIpc) is 3.00. The molecule has 0 bridgehead atoms. The van der Waals surface area contributed by atoms with E-state index in [0.717, 1.165) is 6.42 Å². The fourth-order valence-corrected chi connectivity index (χ4v) is 2.50. The smallest absolute Gasteiger partial charge is 0.307 e. The first-order valence-corrected chi connectivity index (χ1v) is 6.16. The fourth-order valence-electron chi connectivity index (χ4n) is 2.50. The molecule has 1 aromatic heterocycles. The molecule has 1 aliphatic rings. The van der Waals surface area contributed by atoms with E-state index in [1.54, 1.807) is 18.4 Å². The van der Waals surface area contributed by atoms with Crippen molar-refractivity contribution < 1.29 is 19.1 Å². The van der Waals surface area contributed by atoms with Crippen LogP contribution >= 0.6 is 0 Å². The summed E-state index contributed by atoms with van der Waals surface area (Å²) in [5, 5.41) is 11.9. The Morgan fingerprint density at radius 1 is 1.44 bits per heavy atom. The molecular weight excluding hydrogens is 234 g/mol. The van der Waals surface area contributed by atoms with Gasteiger partial charge in [0.1, 0.15) is 5.76 Å². The third-order valence-corrected chi connectivity index (χ3v) is 3.50. The quantitative estimate of drug-likeness (QED) is 0.857. The third-order valence-electron chi connectivity index (χ3n) is 3.50. The summed E-state index contributed by atoms with van der Waals surface area (Å²) < 4.78 is 5.20. The minimum Gasteiger partial charge on any atom is -0.481 e. The maximum atomic E-state index is 12.0. The first kappa shape index (κ1) is 12.7. The van der Waals surface area contributed by atoms with Crippen molar-refractivity contribution in [2.75, 3.05) is 0 Å². The lowest BCUT2D eigenvalue weighted by Crippen LogP contribution is -2.36. The molecular formula is C13H17NO4. The van der Waals surface area contributed by atoms with Crippen LogP contribution in [-0.2, 0) is 9.59 Å². The van der Waals surface area contributed by atoms with Crippen molar-refractivity contribution in [3.63, 3.8) is 0 Å². The van der Waals surface area contributed by atoms with Crippen LogP contribution < -0.4 is 5.32 Å². The zero-order valence-electron chi connectivity index (χ0n) is 10.3. The van der Waals surface area contributed by atoms with Crippen molar-refractivity contribution in [2.45, 2.75) is 32.2 Å². The second-order valence-electron chi connectivity index (χ2n) is 4.73. The molecule has 2 rings (SSSR count). The number of furan rings is 1. The molecule has 0 spiro atoms. The molecule has 5 nitrogen and oxygen atoms in total. The van der Waals surface area contributed by atoms with Gasteiger partial charge in [-0.2, -0.15) is 0 Å². The van der Waals surface area contributed by atoms with E-state index in [-0.39, 0.29) is 11.9 Å². The van der Waals surface area contributed by atoms with Gasteiger partial charge in [0.2, 0.25) is 5.91 Å². The van der Waals surface area contributed by atoms with E-state index in [0.29, 0.717) is 18.6 Å². The lowest BCUT2D eigenvalue weighted by molar-refractivity contribution is -0.146. The molecule has 1 saturated carbocycles. The molecule has 1 amide bonds. The molecule has 1 fully saturated rings. The van der Waals surface area contributed by atoms with Crippen LogP contribution in [0.3, 0.4) is 0 Å². The summed E-state index contributed by atoms with van der Waals surface area (Å²) in [6.45, 7) is 1.82. The number of carbonyl (C=O) groups excluding carboxylic acids is 1. The molecule has 0 aromatic carbocycles. The summed E-state index contributed by atoms with van der Waals surface area (Å²) in [6, 6.07) is 3.31. The van der Waals surface area contributed by atoms with Gasteiger partial charge in [-0.05, 0) is 31.9 Å². The maximum Gasteiger partial charge on any atom is 0.307 e. The summed E-state index contributed by atoms with van der Waals surface area (Å²) in [5.74, 6) is -1.36. The highest BCUT2D eigenvalue weighted by Crippen LogP contribution is 2.32. The Labute approximate surface area is 105 Å². The Balaban J connectivity index is 1.97. The molecule has 1 aromatic rings. The number of carboxylic acid groups (broad SMARTS) is 1. The van der Waals surface area contributed by atoms with Crippen molar-refractivity contribution in [1.82, 2.24) is 5.32 Å². The number of carboxylic acids is 1. The number of rotatable bonds is 4. The molecule has 98 valence electrons. The maximum absolute atomic E-state index is 12.0. The normalized spacial score (nSPS) is 24.7. The van der Waals surface area contributed by atoms with Crippen molar-refractivity contribution >= 4 is 11.9 Å². The van der Waals surface area contributed by atoms with Crippen LogP contribution in [0.1, 0.15) is 38.0 Å². The van der Waals surface area contributed by atoms with Gasteiger partial charge in [0, 0.05) is 0 Å². The monoisotopic (exact) mass is 251 g/mol. The summed E-state index contributed by atoms with van der Waals surface area (Å²) in [4.78, 5) is 23.1. The Morgan fingerprint density at radius 3 is 2.78 bits per heavy atom. The zero-order chi connectivity index (χ0) is 13.1. The second-order valence-corrected chi connectivity index (χ2v) is 4.73. The van der Waals surface area contributed by atoms with Gasteiger partial charge in [-0.25, -0.2) is 0 Å². The van der Waals surface area contributed by atoms with Crippen molar-refractivity contribution in [3.05, 3.63) is 24.2 Å². The van der Waals surface area contributed by atoms with Crippen LogP contribution in [0.25, 0.3) is 0 Å². The predicted octanol–water partition coefficient (Wildman–Crippen LogP) is 1.96. The van der Waals surface area contributed by atoms with Crippen LogP contribution in [0.2, 0.25) is 0 Å². The van der Waals surface area contributed by atoms with Gasteiger partial charge in [0.25, 0.3) is 0 Å². The third kappa shape index (κ3) is 2.55. The fraction of sp³-hybridized carbons (Fsp3) is 0.538. The number of nitrogens with one attached hydrogen (secondary N) is 1. The first-order chi connectivity index (χ1) is 8.59. The van der Waals surface area contributed by atoms with E-state index < -0.39 is 17.8 Å². The molecule has 0 radical (unpaired) electrons. The van der Waals surface area contributed by atoms with Crippen molar-refractivity contribution in [3.8, 4) is 0 Å². The number of carbonyl (C=O) groups is 2. The van der Waals surface area contributed by atoms with Crippen LogP contribution in [0.4, 0.5) is 0 Å². The number of aliphatic carboxylic acids is 1. The van der Waals surface area contributed by atoms with E-state index in [2.05, 4.69) is 5.32 Å². The second kappa shape index (κ2) is 5.25. The van der Waals surface area contributed by atoms with Gasteiger partial charge in [-0.15, -0.1) is 0 Å². The Hall–Kier alpha value is -1.78. The van der Waals surface area contributed by atoms with E-state index in [4.69, 9.17) is 9.52 Å². The summed E-state index contributed by atoms with van der Waals surface area (Å²) in [7, 11) is 0. The predicted molar refractivity (Wildman–Crippen MR) is 63.7 cm³/mol. The van der Waals surface area contributed by atoms with Gasteiger partial charge in [0.15, 0.2) is 0 Å². The summed E-state index contributed by atoms with van der Waals surface area (Å²) in [6.07, 6.45) is 3.58. The standard InChI is InChI=1S/C13H17NO4/c1-8(11-6-3-7-18-11)14-12(15)9-4-2-5-10(9)13(16)17/h3,6-10H,2,4-5H2,1H3,(H,14,15)(H,16,17)/t8?,9-,10+/m1/s1. The zero-order valence-corrected chi connectivity index (χ0v) is 10.3. The van der Waals surface area contributed by atoms with Gasteiger partial charge in [0.05, 0.1) is 24.1 Å². The average molecular weight is 251 g/mol. The van der Waals surface area contributed by atoms with Gasteiger partial charge in [-0.3, -0.25) is 9.59 Å². The van der Waals surface area contributed by atoms with Gasteiger partial charge < -0.3 is 14.8 Å². The molecule has 1 unspecified atom stereocenters. The summed E-state index contributed by atoms with van der Waals surface area (Å²) in [5.41, 5.74) is 0. The lowest BCUT2D eigenvalue weighted by atomic mass is 9.95. The molecule has 2 N–H and O–H groups in total. The molecule has 5 heteroatoms. The highest BCUT2D eigenvalue weighted by atomic mass is 16.4. The van der Waals surface area contributed by atoms with Crippen molar-refractivity contribution in [1.29, 1.82) is 0 Å². The van der Waals surface area contributed by atoms with E-state index in [1.807, 2.05) is 6.92 Å². The molecule has 0 saturated heterocycles. The van der Waals surface area contributed by atoms with Crippen molar-refractivity contribution in [2.24, 2.45) is 11.8 Å². The van der Waals surface area contributed by atoms with Gasteiger partial charge >= 0.3 is 5.97 Å². The minimum atomic E-state index is -0.877. The van der Waals surface area contributed by atoms with Crippen LogP contribution in [0, 0.1) is 11.8 Å². The number of hydrogen-bond acceptors (Lipinski definition) is 3. The van der Waals surface area contributed by atoms with Gasteiger partial charge in [-0.1, -0.05) is 6.42 Å². The Bertz CT molecular complexity index is 426. The molecule has 0 aliphatic heterocycles. The highest BCUT2D eigenvalue weighted by molar-refractivity contribution is 5.85. The number of amides is 1. The lowest BCUT2D eigenvalue weighted by Gasteiger charge is -2.18.